The molecule has 2 heterocycles. The predicted octanol–water partition coefficient (Wildman–Crippen LogP) is 1.82. The summed E-state index contributed by atoms with van der Waals surface area (Å²) in [6.07, 6.45) is 4.59. The fourth-order valence-corrected chi connectivity index (χ4v) is 1.46. The highest BCUT2D eigenvalue weighted by Gasteiger charge is 2.08. The van der Waals surface area contributed by atoms with Gasteiger partial charge in [-0.1, -0.05) is 0 Å². The second kappa shape index (κ2) is 5.99. The van der Waals surface area contributed by atoms with Gasteiger partial charge < -0.3 is 15.1 Å². The number of nitrogens with one attached hydrogen (secondary N) is 2. The van der Waals surface area contributed by atoms with E-state index in [1.54, 1.807) is 6.26 Å². The normalized spacial score (nSPS) is 10.5. The number of furan rings is 1. The minimum absolute atomic E-state index is 0.0751. The number of anilines is 1. The molecule has 0 fully saturated rings. The zero-order valence-corrected chi connectivity index (χ0v) is 10.9. The first-order valence-corrected chi connectivity index (χ1v) is 6.04. The van der Waals surface area contributed by atoms with Crippen LogP contribution >= 0.6 is 0 Å². The summed E-state index contributed by atoms with van der Waals surface area (Å²) in [6.45, 7) is 4.31. The Morgan fingerprint density at radius 2 is 2.21 bits per heavy atom. The summed E-state index contributed by atoms with van der Waals surface area (Å²) in [7, 11) is 0. The molecule has 0 aliphatic carbocycles. The first kappa shape index (κ1) is 13.1. The van der Waals surface area contributed by atoms with Crippen molar-refractivity contribution in [2.75, 3.05) is 5.32 Å². The highest BCUT2D eigenvalue weighted by Crippen LogP contribution is 2.06. The number of hydrogen-bond donors (Lipinski definition) is 2. The van der Waals surface area contributed by atoms with Crippen LogP contribution < -0.4 is 10.6 Å². The molecular formula is C13H16N4O2. The highest BCUT2D eigenvalue weighted by molar-refractivity contribution is 5.92. The smallest absolute Gasteiger partial charge is 0.271 e. The molecule has 0 aliphatic rings. The second-order valence-corrected chi connectivity index (χ2v) is 4.35. The Bertz CT molecular complexity index is 520. The van der Waals surface area contributed by atoms with Crippen molar-refractivity contribution in [1.29, 1.82) is 0 Å². The molecule has 0 saturated carbocycles. The van der Waals surface area contributed by atoms with E-state index in [1.807, 2.05) is 26.0 Å². The lowest BCUT2D eigenvalue weighted by Gasteiger charge is -2.08. The number of rotatable bonds is 5. The summed E-state index contributed by atoms with van der Waals surface area (Å²) < 4.78 is 5.19. The van der Waals surface area contributed by atoms with Crippen molar-refractivity contribution in [2.45, 2.75) is 26.4 Å². The summed E-state index contributed by atoms with van der Waals surface area (Å²) >= 11 is 0. The van der Waals surface area contributed by atoms with Gasteiger partial charge in [-0.05, 0) is 26.0 Å². The van der Waals surface area contributed by atoms with E-state index in [9.17, 15) is 4.79 Å². The van der Waals surface area contributed by atoms with Crippen molar-refractivity contribution < 1.29 is 9.21 Å². The first-order valence-electron chi connectivity index (χ1n) is 6.04. The van der Waals surface area contributed by atoms with Gasteiger partial charge in [0.25, 0.3) is 5.91 Å². The van der Waals surface area contributed by atoms with Crippen molar-refractivity contribution in [3.05, 3.63) is 42.2 Å². The minimum atomic E-state index is -0.222. The van der Waals surface area contributed by atoms with Crippen molar-refractivity contribution in [3.63, 3.8) is 0 Å². The third kappa shape index (κ3) is 3.80. The Balaban J connectivity index is 1.92. The predicted molar refractivity (Wildman–Crippen MR) is 70.7 cm³/mol. The third-order valence-electron chi connectivity index (χ3n) is 2.33. The van der Waals surface area contributed by atoms with Gasteiger partial charge in [0, 0.05) is 6.04 Å². The van der Waals surface area contributed by atoms with Crippen LogP contribution in [0.4, 0.5) is 5.82 Å². The van der Waals surface area contributed by atoms with E-state index in [0.29, 0.717) is 18.1 Å². The number of aromatic nitrogens is 2. The van der Waals surface area contributed by atoms with Gasteiger partial charge in [-0.2, -0.15) is 0 Å². The zero-order chi connectivity index (χ0) is 13.7. The summed E-state index contributed by atoms with van der Waals surface area (Å²) in [6, 6.07) is 3.76. The molecule has 100 valence electrons. The SMILES string of the molecule is CC(C)NC(=O)c1cnc(NCc2ccco2)cn1. The fraction of sp³-hybridized carbons (Fsp3) is 0.308. The maximum Gasteiger partial charge on any atom is 0.271 e. The lowest BCUT2D eigenvalue weighted by molar-refractivity contribution is 0.0937. The number of carbonyl (C=O) groups is 1. The van der Waals surface area contributed by atoms with E-state index in [2.05, 4.69) is 20.6 Å². The van der Waals surface area contributed by atoms with Crippen molar-refractivity contribution in [2.24, 2.45) is 0 Å². The van der Waals surface area contributed by atoms with Crippen LogP contribution in [0.3, 0.4) is 0 Å². The van der Waals surface area contributed by atoms with Gasteiger partial charge in [-0.25, -0.2) is 9.97 Å². The Morgan fingerprint density at radius 3 is 2.79 bits per heavy atom. The second-order valence-electron chi connectivity index (χ2n) is 4.35. The number of amides is 1. The molecule has 0 aliphatic heterocycles. The Hall–Kier alpha value is -2.37. The molecule has 2 N–H and O–H groups in total. The van der Waals surface area contributed by atoms with E-state index in [-0.39, 0.29) is 11.9 Å². The molecule has 2 aromatic rings. The van der Waals surface area contributed by atoms with Gasteiger partial charge in [0.05, 0.1) is 25.2 Å². The molecule has 19 heavy (non-hydrogen) atoms. The number of nitrogens with zero attached hydrogens (tertiary/aromatic N) is 2. The molecule has 2 aromatic heterocycles. The first-order chi connectivity index (χ1) is 9.15. The van der Waals surface area contributed by atoms with Crippen LogP contribution in [0.1, 0.15) is 30.1 Å². The average molecular weight is 260 g/mol. The maximum absolute atomic E-state index is 11.7. The summed E-state index contributed by atoms with van der Waals surface area (Å²) in [4.78, 5) is 19.9. The van der Waals surface area contributed by atoms with E-state index in [1.165, 1.54) is 12.4 Å². The molecule has 6 heteroatoms. The van der Waals surface area contributed by atoms with Crippen molar-refractivity contribution in [3.8, 4) is 0 Å². The molecular weight excluding hydrogens is 244 g/mol. The van der Waals surface area contributed by atoms with Gasteiger partial charge in [-0.15, -0.1) is 0 Å². The van der Waals surface area contributed by atoms with E-state index >= 15 is 0 Å². The summed E-state index contributed by atoms with van der Waals surface area (Å²) in [5.74, 6) is 1.18. The highest BCUT2D eigenvalue weighted by atomic mass is 16.3. The minimum Gasteiger partial charge on any atom is -0.467 e. The zero-order valence-electron chi connectivity index (χ0n) is 10.9. The molecule has 2 rings (SSSR count). The average Bonchev–Trinajstić information content (AvgIpc) is 2.89. The third-order valence-corrected chi connectivity index (χ3v) is 2.33. The Kier molecular flexibility index (Phi) is 4.12. The molecule has 0 unspecified atom stereocenters. The topological polar surface area (TPSA) is 80.0 Å². The van der Waals surface area contributed by atoms with Crippen molar-refractivity contribution >= 4 is 11.7 Å². The molecule has 1 amide bonds. The van der Waals surface area contributed by atoms with Crippen LogP contribution in [0.15, 0.2) is 35.2 Å². The van der Waals surface area contributed by atoms with Gasteiger partial charge in [0.2, 0.25) is 0 Å². The number of hydrogen-bond acceptors (Lipinski definition) is 5. The maximum atomic E-state index is 11.7. The summed E-state index contributed by atoms with van der Waals surface area (Å²) in [5.41, 5.74) is 0.303. The Morgan fingerprint density at radius 1 is 1.37 bits per heavy atom. The van der Waals surface area contributed by atoms with Crippen LogP contribution in [-0.4, -0.2) is 21.9 Å². The summed E-state index contributed by atoms with van der Waals surface area (Å²) in [5, 5.41) is 5.81. The van der Waals surface area contributed by atoms with Crippen LogP contribution in [0, 0.1) is 0 Å². The van der Waals surface area contributed by atoms with Crippen LogP contribution in [0.25, 0.3) is 0 Å². The van der Waals surface area contributed by atoms with Gasteiger partial charge in [0.1, 0.15) is 17.3 Å². The monoisotopic (exact) mass is 260 g/mol. The standard InChI is InChI=1S/C13H16N4O2/c1-9(2)17-13(18)11-7-16-12(8-14-11)15-6-10-4-3-5-19-10/h3-5,7-9H,6H2,1-2H3,(H,15,16)(H,17,18). The van der Waals surface area contributed by atoms with Crippen LogP contribution in [-0.2, 0) is 6.54 Å². The molecule has 0 atom stereocenters. The van der Waals surface area contributed by atoms with Crippen LogP contribution in [0.2, 0.25) is 0 Å². The number of carbonyl (C=O) groups excluding carboxylic acids is 1. The quantitative estimate of drug-likeness (QED) is 0.857. The molecule has 0 saturated heterocycles. The molecule has 6 nitrogen and oxygen atoms in total. The van der Waals surface area contributed by atoms with E-state index in [0.717, 1.165) is 5.76 Å². The molecule has 0 radical (unpaired) electrons. The lowest BCUT2D eigenvalue weighted by atomic mass is 10.3. The van der Waals surface area contributed by atoms with Crippen LogP contribution in [0.5, 0.6) is 0 Å². The van der Waals surface area contributed by atoms with E-state index < -0.39 is 0 Å². The molecule has 0 aromatic carbocycles. The van der Waals surface area contributed by atoms with Gasteiger partial charge in [0.15, 0.2) is 0 Å². The lowest BCUT2D eigenvalue weighted by Crippen LogP contribution is -2.30. The van der Waals surface area contributed by atoms with Crippen molar-refractivity contribution in [1.82, 2.24) is 15.3 Å². The fourth-order valence-electron chi connectivity index (χ4n) is 1.46. The molecule has 0 bridgehead atoms. The Labute approximate surface area is 111 Å². The largest absolute Gasteiger partial charge is 0.467 e. The van der Waals surface area contributed by atoms with Gasteiger partial charge in [-0.3, -0.25) is 4.79 Å². The molecule has 0 spiro atoms. The van der Waals surface area contributed by atoms with Gasteiger partial charge >= 0.3 is 0 Å². The van der Waals surface area contributed by atoms with E-state index in [4.69, 9.17) is 4.42 Å².